The number of hydrogen-bond acceptors (Lipinski definition) is 3. The van der Waals surface area contributed by atoms with Gasteiger partial charge in [-0.15, -0.1) is 0 Å². The van der Waals surface area contributed by atoms with E-state index < -0.39 is 10.0 Å². The molecule has 0 amide bonds. The van der Waals surface area contributed by atoms with Crippen molar-refractivity contribution in [2.45, 2.75) is 24.8 Å². The average Bonchev–Trinajstić information content (AvgIpc) is 2.92. The van der Waals surface area contributed by atoms with Crippen molar-refractivity contribution in [3.8, 4) is 0 Å². The van der Waals surface area contributed by atoms with Crippen molar-refractivity contribution in [2.75, 3.05) is 6.54 Å². The molecule has 2 aromatic heterocycles. The van der Waals surface area contributed by atoms with Crippen LogP contribution in [0.4, 0.5) is 0 Å². The van der Waals surface area contributed by atoms with Crippen LogP contribution in [0.5, 0.6) is 0 Å². The Morgan fingerprint density at radius 2 is 2.00 bits per heavy atom. The number of pyridine rings is 1. The number of rotatable bonds is 2. The summed E-state index contributed by atoms with van der Waals surface area (Å²) in [6, 6.07) is 12.9. The van der Waals surface area contributed by atoms with Gasteiger partial charge in [0.2, 0.25) is 10.0 Å². The van der Waals surface area contributed by atoms with Crippen molar-refractivity contribution in [3.05, 3.63) is 65.6 Å². The van der Waals surface area contributed by atoms with Gasteiger partial charge in [0.25, 0.3) is 0 Å². The molecule has 4 rings (SSSR count). The number of aryl methyl sites for hydroxylation is 1. The van der Waals surface area contributed by atoms with Crippen molar-refractivity contribution in [3.63, 3.8) is 0 Å². The average molecular weight is 327 g/mol. The number of benzene rings is 1. The Bertz CT molecular complexity index is 992. The van der Waals surface area contributed by atoms with Crippen molar-refractivity contribution in [1.29, 1.82) is 0 Å². The molecule has 1 aliphatic rings. The molecule has 118 valence electrons. The Labute approximate surface area is 135 Å². The third-order valence-corrected chi connectivity index (χ3v) is 6.10. The van der Waals surface area contributed by atoms with E-state index in [9.17, 15) is 8.42 Å². The van der Waals surface area contributed by atoms with E-state index in [2.05, 4.69) is 4.98 Å². The molecule has 0 spiro atoms. The maximum absolute atomic E-state index is 12.9. The number of hydrogen-bond donors (Lipinski definition) is 0. The quantitative estimate of drug-likeness (QED) is 0.726. The Morgan fingerprint density at radius 1 is 1.13 bits per heavy atom. The fourth-order valence-electron chi connectivity index (χ4n) is 3.07. The van der Waals surface area contributed by atoms with E-state index >= 15 is 0 Å². The van der Waals surface area contributed by atoms with Gasteiger partial charge in [-0.1, -0.05) is 18.2 Å². The molecule has 0 atom stereocenters. The van der Waals surface area contributed by atoms with Gasteiger partial charge < -0.3 is 4.40 Å². The summed E-state index contributed by atoms with van der Waals surface area (Å²) in [5.74, 6) is 0. The summed E-state index contributed by atoms with van der Waals surface area (Å²) in [4.78, 5) is 4.95. The zero-order chi connectivity index (χ0) is 16.0. The summed E-state index contributed by atoms with van der Waals surface area (Å²) >= 11 is 0. The first-order valence-corrected chi connectivity index (χ1v) is 9.01. The van der Waals surface area contributed by atoms with Crippen LogP contribution in [0, 0.1) is 6.92 Å². The lowest BCUT2D eigenvalue weighted by Crippen LogP contribution is -2.36. The van der Waals surface area contributed by atoms with Crippen molar-refractivity contribution in [1.82, 2.24) is 13.7 Å². The third kappa shape index (κ3) is 2.34. The summed E-state index contributed by atoms with van der Waals surface area (Å²) in [5.41, 5.74) is 3.76. The van der Waals surface area contributed by atoms with Gasteiger partial charge in [0.1, 0.15) is 5.65 Å². The number of nitrogens with zero attached hydrogens (tertiary/aromatic N) is 3. The summed E-state index contributed by atoms with van der Waals surface area (Å²) < 4.78 is 29.3. The van der Waals surface area contributed by atoms with Gasteiger partial charge in [-0.05, 0) is 36.8 Å². The number of sulfonamides is 1. The zero-order valence-electron chi connectivity index (χ0n) is 12.8. The molecular formula is C17H17N3O2S. The van der Waals surface area contributed by atoms with E-state index in [0.717, 1.165) is 22.6 Å². The molecule has 0 radical (unpaired) electrons. The van der Waals surface area contributed by atoms with Crippen molar-refractivity contribution >= 4 is 15.7 Å². The Balaban J connectivity index is 1.75. The predicted octanol–water partition coefficient (Wildman–Crippen LogP) is 2.39. The number of fused-ring (bicyclic) bond motifs is 3. The first kappa shape index (κ1) is 14.4. The molecule has 0 bridgehead atoms. The SMILES string of the molecule is Cc1cccc(S(=O)(=O)N2CCc3nc4ccccn4c3C2)c1. The molecule has 3 heterocycles. The molecule has 0 saturated carbocycles. The highest BCUT2D eigenvalue weighted by Crippen LogP contribution is 2.26. The second kappa shape index (κ2) is 5.18. The van der Waals surface area contributed by atoms with Crippen LogP contribution in [-0.2, 0) is 23.0 Å². The van der Waals surface area contributed by atoms with Gasteiger partial charge in [0.15, 0.2) is 0 Å². The van der Waals surface area contributed by atoms with Gasteiger partial charge in [0.05, 0.1) is 22.8 Å². The lowest BCUT2D eigenvalue weighted by molar-refractivity contribution is 0.383. The van der Waals surface area contributed by atoms with E-state index in [1.807, 2.05) is 41.8 Å². The molecule has 1 aromatic carbocycles. The Kier molecular flexibility index (Phi) is 3.25. The van der Waals surface area contributed by atoms with Gasteiger partial charge in [0, 0.05) is 19.2 Å². The monoisotopic (exact) mass is 327 g/mol. The molecule has 3 aromatic rings. The smallest absolute Gasteiger partial charge is 0.243 e. The molecule has 5 nitrogen and oxygen atoms in total. The van der Waals surface area contributed by atoms with Gasteiger partial charge in [-0.2, -0.15) is 4.31 Å². The third-order valence-electron chi connectivity index (χ3n) is 4.26. The van der Waals surface area contributed by atoms with Crippen LogP contribution in [0.3, 0.4) is 0 Å². The van der Waals surface area contributed by atoms with Crippen LogP contribution >= 0.6 is 0 Å². The largest absolute Gasteiger partial charge is 0.302 e. The molecule has 0 unspecified atom stereocenters. The standard InChI is InChI=1S/C17H17N3O2S/c1-13-5-4-6-14(11-13)23(21,22)19-10-8-15-16(12-19)20-9-3-2-7-17(20)18-15/h2-7,9,11H,8,10,12H2,1H3. The van der Waals surface area contributed by atoms with Gasteiger partial charge >= 0.3 is 0 Å². The molecule has 6 heteroatoms. The summed E-state index contributed by atoms with van der Waals surface area (Å²) in [5, 5.41) is 0. The lowest BCUT2D eigenvalue weighted by atomic mass is 10.2. The van der Waals surface area contributed by atoms with Gasteiger partial charge in [-0.25, -0.2) is 13.4 Å². The topological polar surface area (TPSA) is 54.7 Å². The van der Waals surface area contributed by atoms with Crippen LogP contribution in [0.15, 0.2) is 53.6 Å². The number of imidazole rings is 1. The Hall–Kier alpha value is -2.18. The highest BCUT2D eigenvalue weighted by Gasteiger charge is 2.30. The molecule has 0 saturated heterocycles. The minimum absolute atomic E-state index is 0.356. The molecule has 1 aliphatic heterocycles. The first-order valence-electron chi connectivity index (χ1n) is 7.57. The van der Waals surface area contributed by atoms with Crippen LogP contribution < -0.4 is 0 Å². The maximum Gasteiger partial charge on any atom is 0.243 e. The molecule has 0 fully saturated rings. The number of aromatic nitrogens is 2. The summed E-state index contributed by atoms with van der Waals surface area (Å²) in [6.45, 7) is 2.72. The second-order valence-electron chi connectivity index (χ2n) is 5.84. The Morgan fingerprint density at radius 3 is 2.83 bits per heavy atom. The summed E-state index contributed by atoms with van der Waals surface area (Å²) in [7, 11) is -3.48. The maximum atomic E-state index is 12.9. The van der Waals surface area contributed by atoms with Crippen LogP contribution in [0.25, 0.3) is 5.65 Å². The van der Waals surface area contributed by atoms with E-state index in [1.54, 1.807) is 22.5 Å². The van der Waals surface area contributed by atoms with Gasteiger partial charge in [-0.3, -0.25) is 0 Å². The highest BCUT2D eigenvalue weighted by atomic mass is 32.2. The minimum Gasteiger partial charge on any atom is -0.302 e. The van der Waals surface area contributed by atoms with Crippen LogP contribution in [-0.4, -0.2) is 28.7 Å². The molecule has 23 heavy (non-hydrogen) atoms. The summed E-state index contributed by atoms with van der Waals surface area (Å²) in [6.07, 6.45) is 2.58. The van der Waals surface area contributed by atoms with E-state index in [1.165, 1.54) is 0 Å². The van der Waals surface area contributed by atoms with Crippen LogP contribution in [0.1, 0.15) is 17.0 Å². The first-order chi connectivity index (χ1) is 11.1. The van der Waals surface area contributed by atoms with Crippen molar-refractivity contribution in [2.24, 2.45) is 0 Å². The lowest BCUT2D eigenvalue weighted by Gasteiger charge is -2.26. The van der Waals surface area contributed by atoms with E-state index in [0.29, 0.717) is 24.4 Å². The highest BCUT2D eigenvalue weighted by molar-refractivity contribution is 7.89. The predicted molar refractivity (Wildman–Crippen MR) is 87.7 cm³/mol. The van der Waals surface area contributed by atoms with Crippen LogP contribution in [0.2, 0.25) is 0 Å². The fourth-order valence-corrected chi connectivity index (χ4v) is 4.58. The van der Waals surface area contributed by atoms with Crippen molar-refractivity contribution < 1.29 is 8.42 Å². The van der Waals surface area contributed by atoms with E-state index in [4.69, 9.17) is 0 Å². The normalized spacial score (nSPS) is 15.7. The molecule has 0 aliphatic carbocycles. The minimum atomic E-state index is -3.48. The van der Waals surface area contributed by atoms with E-state index in [-0.39, 0.29) is 0 Å². The fraction of sp³-hybridized carbons (Fsp3) is 0.235. The zero-order valence-corrected chi connectivity index (χ0v) is 13.6. The molecule has 0 N–H and O–H groups in total. The second-order valence-corrected chi connectivity index (χ2v) is 7.78. The molecular weight excluding hydrogens is 310 g/mol.